The lowest BCUT2D eigenvalue weighted by molar-refractivity contribution is -0.744. The minimum absolute atomic E-state index is 0.104. The highest BCUT2D eigenvalue weighted by Gasteiger charge is 2.40. The van der Waals surface area contributed by atoms with Crippen LogP contribution < -0.4 is 5.32 Å². The molecule has 2 aliphatic rings. The Morgan fingerprint density at radius 1 is 0.733 bits per heavy atom. The fourth-order valence-corrected chi connectivity index (χ4v) is 5.20. The molecule has 3 heteroatoms. The predicted octanol–water partition coefficient (Wildman–Crippen LogP) is 5.58. The van der Waals surface area contributed by atoms with E-state index in [4.69, 9.17) is 0 Å². The van der Waals surface area contributed by atoms with Gasteiger partial charge in [0.1, 0.15) is 0 Å². The Labute approximate surface area is 181 Å². The van der Waals surface area contributed by atoms with Gasteiger partial charge in [-0.25, -0.2) is 0 Å². The molecule has 3 nitrogen and oxygen atoms in total. The maximum Gasteiger partial charge on any atom is 0.259 e. The predicted molar refractivity (Wildman–Crippen MR) is 122 cm³/mol. The number of fused-ring (bicyclic) bond motifs is 1. The smallest absolute Gasteiger partial charge is 0.259 e. The molecule has 0 saturated heterocycles. The van der Waals surface area contributed by atoms with Gasteiger partial charge in [0.25, 0.3) is 5.91 Å². The van der Waals surface area contributed by atoms with Gasteiger partial charge < -0.3 is 5.32 Å². The topological polar surface area (TPSA) is 36.9 Å². The van der Waals surface area contributed by atoms with Gasteiger partial charge >= 0.3 is 0 Å². The van der Waals surface area contributed by atoms with E-state index < -0.39 is 0 Å². The molecule has 4 rings (SSSR count). The van der Waals surface area contributed by atoms with Crippen molar-refractivity contribution in [1.82, 2.24) is 4.90 Å². The summed E-state index contributed by atoms with van der Waals surface area (Å²) in [5.74, 6) is 0.184. The quantitative estimate of drug-likeness (QED) is 0.708. The zero-order valence-corrected chi connectivity index (χ0v) is 18.3. The summed E-state index contributed by atoms with van der Waals surface area (Å²) in [5, 5.41) is 2.53. The van der Waals surface area contributed by atoms with Crippen LogP contribution >= 0.6 is 0 Å². The molecular formula is C27H37N2O+. The second-order valence-electron chi connectivity index (χ2n) is 9.16. The molecule has 1 aliphatic heterocycles. The fraction of sp³-hybridized carbons (Fsp3) is 0.519. The molecule has 1 amide bonds. The van der Waals surface area contributed by atoms with Crippen LogP contribution in [0.1, 0.15) is 98.3 Å². The number of benzene rings is 2. The lowest BCUT2D eigenvalue weighted by Crippen LogP contribution is -2.92. The molecule has 0 bridgehead atoms. The van der Waals surface area contributed by atoms with Crippen LogP contribution in [0.2, 0.25) is 0 Å². The van der Waals surface area contributed by atoms with Crippen molar-refractivity contribution in [3.8, 4) is 0 Å². The third kappa shape index (κ3) is 5.31. The van der Waals surface area contributed by atoms with E-state index in [1.54, 1.807) is 0 Å². The Bertz CT molecular complexity index is 792. The SMILES string of the molecule is O=C1c2ccccc2[C@H]([NH2+]C2CCCCCCCCCCC2)N1Cc1ccccc1. The van der Waals surface area contributed by atoms with Crippen molar-refractivity contribution in [2.75, 3.05) is 0 Å². The van der Waals surface area contributed by atoms with Gasteiger partial charge in [0.15, 0.2) is 6.17 Å². The van der Waals surface area contributed by atoms with Crippen molar-refractivity contribution in [3.05, 3.63) is 71.3 Å². The standard InChI is InChI=1S/C27H36N2O/c30-27-25-20-14-13-19-24(25)26(29(27)21-22-15-9-8-10-16-22)28-23-17-11-6-4-2-1-3-5-7-12-18-23/h8-10,13-16,19-20,23,26,28H,1-7,11-12,17-18,21H2/p+1/t26-/m1/s1. The number of rotatable bonds is 4. The molecule has 1 atom stereocenters. The maximum absolute atomic E-state index is 13.3. The Kier molecular flexibility index (Phi) is 7.58. The third-order valence-electron chi connectivity index (χ3n) is 6.91. The van der Waals surface area contributed by atoms with Crippen molar-refractivity contribution in [2.45, 2.75) is 89.4 Å². The minimum Gasteiger partial charge on any atom is -0.320 e. The number of carbonyl (C=O) groups excluding carboxylic acids is 1. The van der Waals surface area contributed by atoms with Crippen molar-refractivity contribution in [1.29, 1.82) is 0 Å². The molecule has 2 aromatic carbocycles. The molecule has 1 aliphatic carbocycles. The molecule has 2 N–H and O–H groups in total. The monoisotopic (exact) mass is 405 g/mol. The Morgan fingerprint density at radius 2 is 1.30 bits per heavy atom. The average molecular weight is 406 g/mol. The first-order chi connectivity index (χ1) is 14.8. The number of nitrogens with zero attached hydrogens (tertiary/aromatic N) is 1. The van der Waals surface area contributed by atoms with Gasteiger partial charge in [0.05, 0.1) is 18.2 Å². The van der Waals surface area contributed by atoms with Gasteiger partial charge in [0, 0.05) is 5.56 Å². The molecule has 1 fully saturated rings. The summed E-state index contributed by atoms with van der Waals surface area (Å²) in [7, 11) is 0. The number of amides is 1. The zero-order valence-electron chi connectivity index (χ0n) is 18.3. The van der Waals surface area contributed by atoms with Crippen molar-refractivity contribution in [2.24, 2.45) is 0 Å². The summed E-state index contributed by atoms with van der Waals surface area (Å²) in [6.07, 6.45) is 15.0. The fourth-order valence-electron chi connectivity index (χ4n) is 5.20. The molecule has 30 heavy (non-hydrogen) atoms. The van der Waals surface area contributed by atoms with E-state index in [9.17, 15) is 4.79 Å². The number of quaternary nitrogens is 1. The molecule has 0 unspecified atom stereocenters. The second-order valence-corrected chi connectivity index (χ2v) is 9.16. The minimum atomic E-state index is 0.104. The average Bonchev–Trinajstić information content (AvgIpc) is 3.02. The first kappa shape index (κ1) is 21.1. The van der Waals surface area contributed by atoms with E-state index in [0.29, 0.717) is 12.6 Å². The lowest BCUT2D eigenvalue weighted by Gasteiger charge is -2.28. The van der Waals surface area contributed by atoms with Crippen LogP contribution in [-0.4, -0.2) is 16.8 Å². The third-order valence-corrected chi connectivity index (χ3v) is 6.91. The summed E-state index contributed by atoms with van der Waals surface area (Å²) in [6, 6.07) is 19.3. The molecule has 0 spiro atoms. The number of carbonyl (C=O) groups is 1. The molecule has 2 aromatic rings. The normalized spacial score (nSPS) is 21.7. The summed E-state index contributed by atoms with van der Waals surface area (Å²) in [4.78, 5) is 15.4. The first-order valence-corrected chi connectivity index (χ1v) is 12.1. The summed E-state index contributed by atoms with van der Waals surface area (Å²) in [6.45, 7) is 0.683. The number of nitrogens with two attached hydrogens (primary N) is 1. The van der Waals surface area contributed by atoms with Crippen molar-refractivity contribution in [3.63, 3.8) is 0 Å². The largest absolute Gasteiger partial charge is 0.320 e. The van der Waals surface area contributed by atoms with Crippen LogP contribution in [0, 0.1) is 0 Å². The van der Waals surface area contributed by atoms with Crippen LogP contribution in [0.15, 0.2) is 54.6 Å². The number of hydrogen-bond donors (Lipinski definition) is 1. The molecule has 160 valence electrons. The maximum atomic E-state index is 13.3. The van der Waals surface area contributed by atoms with Gasteiger partial charge in [-0.3, -0.25) is 9.69 Å². The summed E-state index contributed by atoms with van der Waals surface area (Å²) in [5.41, 5.74) is 3.29. The summed E-state index contributed by atoms with van der Waals surface area (Å²) < 4.78 is 0. The Balaban J connectivity index is 1.51. The van der Waals surface area contributed by atoms with E-state index in [2.05, 4.69) is 46.6 Å². The van der Waals surface area contributed by atoms with Gasteiger partial charge in [-0.15, -0.1) is 0 Å². The van der Waals surface area contributed by atoms with Crippen LogP contribution in [-0.2, 0) is 6.54 Å². The van der Waals surface area contributed by atoms with Gasteiger partial charge in [-0.1, -0.05) is 93.5 Å². The van der Waals surface area contributed by atoms with E-state index in [1.165, 1.54) is 81.8 Å². The van der Waals surface area contributed by atoms with Gasteiger partial charge in [-0.2, -0.15) is 0 Å². The zero-order chi connectivity index (χ0) is 20.6. The van der Waals surface area contributed by atoms with Crippen molar-refractivity contribution >= 4 is 5.91 Å². The van der Waals surface area contributed by atoms with Crippen LogP contribution in [0.5, 0.6) is 0 Å². The van der Waals surface area contributed by atoms with Gasteiger partial charge in [0.2, 0.25) is 0 Å². The molecule has 1 saturated carbocycles. The van der Waals surface area contributed by atoms with Crippen LogP contribution in [0.3, 0.4) is 0 Å². The molecule has 0 aromatic heterocycles. The molecular weight excluding hydrogens is 368 g/mol. The Morgan fingerprint density at radius 3 is 1.97 bits per heavy atom. The highest BCUT2D eigenvalue weighted by Crippen LogP contribution is 2.31. The second kappa shape index (κ2) is 10.8. The number of hydrogen-bond acceptors (Lipinski definition) is 1. The lowest BCUT2D eigenvalue weighted by atomic mass is 9.97. The van der Waals surface area contributed by atoms with Crippen LogP contribution in [0.4, 0.5) is 0 Å². The van der Waals surface area contributed by atoms with Crippen LogP contribution in [0.25, 0.3) is 0 Å². The Hall–Kier alpha value is -2.13. The van der Waals surface area contributed by atoms with E-state index >= 15 is 0 Å². The van der Waals surface area contributed by atoms with E-state index in [-0.39, 0.29) is 12.1 Å². The highest BCUT2D eigenvalue weighted by atomic mass is 16.2. The first-order valence-electron chi connectivity index (χ1n) is 12.1. The van der Waals surface area contributed by atoms with Crippen molar-refractivity contribution < 1.29 is 10.1 Å². The van der Waals surface area contributed by atoms with Gasteiger partial charge in [-0.05, 0) is 37.3 Å². The highest BCUT2D eigenvalue weighted by molar-refractivity contribution is 5.98. The summed E-state index contributed by atoms with van der Waals surface area (Å²) >= 11 is 0. The van der Waals surface area contributed by atoms with E-state index in [0.717, 1.165) is 5.56 Å². The molecule has 1 heterocycles. The van der Waals surface area contributed by atoms with E-state index in [1.807, 2.05) is 18.2 Å². The molecule has 0 radical (unpaired) electrons.